The van der Waals surface area contributed by atoms with Crippen molar-refractivity contribution in [2.75, 3.05) is 13.6 Å². The molecule has 3 unspecified atom stereocenters. The summed E-state index contributed by atoms with van der Waals surface area (Å²) in [6.45, 7) is 3.68. The summed E-state index contributed by atoms with van der Waals surface area (Å²) >= 11 is 4.24. The van der Waals surface area contributed by atoms with E-state index in [1.807, 2.05) is 0 Å². The predicted molar refractivity (Wildman–Crippen MR) is 85.9 cm³/mol. The highest BCUT2D eigenvalue weighted by molar-refractivity contribution is 15.0. The highest BCUT2D eigenvalue weighted by Gasteiger charge is 2.58. The zero-order valence-electron chi connectivity index (χ0n) is 10.3. The van der Waals surface area contributed by atoms with Gasteiger partial charge in [-0.2, -0.15) is 0 Å². The number of rotatable bonds is 1. The van der Waals surface area contributed by atoms with Gasteiger partial charge in [0, 0.05) is 62.4 Å². The van der Waals surface area contributed by atoms with Crippen LogP contribution in [0.15, 0.2) is 0 Å². The van der Waals surface area contributed by atoms with Crippen LogP contribution >= 0.6 is 37.2 Å². The molecule has 3 fully saturated rings. The third kappa shape index (κ3) is 1.95. The van der Waals surface area contributed by atoms with E-state index in [0.717, 1.165) is 12.0 Å². The molecule has 2 heterocycles. The summed E-state index contributed by atoms with van der Waals surface area (Å²) in [5.74, 6) is 0.990. The second-order valence-corrected chi connectivity index (χ2v) is 5.48. The van der Waals surface area contributed by atoms with Crippen LogP contribution in [-0.4, -0.2) is 35.2 Å². The Hall–Kier alpha value is 1.38. The van der Waals surface area contributed by atoms with Gasteiger partial charge in [-0.05, 0) is 38.0 Å². The minimum atomic E-state index is 0.620. The minimum Gasteiger partial charge on any atom is -0.244 e. The summed E-state index contributed by atoms with van der Waals surface area (Å²) in [7, 11) is 2.30. The fourth-order valence-electron chi connectivity index (χ4n) is 4.44. The van der Waals surface area contributed by atoms with Crippen LogP contribution in [0.2, 0.25) is 0 Å². The molecule has 0 N–H and O–H groups in total. The molecule has 1 saturated carbocycles. The SMILES string of the molecule is CCC1CCC23CCCC2CN(C)N13.II. The fourth-order valence-corrected chi connectivity index (χ4v) is 4.44. The lowest BCUT2D eigenvalue weighted by atomic mass is 9.87. The molecule has 94 valence electrons. The highest BCUT2D eigenvalue weighted by atomic mass is 128. The number of hydrazine groups is 1. The molecule has 0 radical (unpaired) electrons. The van der Waals surface area contributed by atoms with Gasteiger partial charge in [-0.1, -0.05) is 13.3 Å². The molecule has 3 atom stereocenters. The average Bonchev–Trinajstić information content (AvgIpc) is 2.92. The summed E-state index contributed by atoms with van der Waals surface area (Å²) in [4.78, 5) is 0. The summed E-state index contributed by atoms with van der Waals surface area (Å²) < 4.78 is 0. The summed E-state index contributed by atoms with van der Waals surface area (Å²) in [5.41, 5.74) is 0.620. The molecule has 2 saturated heterocycles. The summed E-state index contributed by atoms with van der Waals surface area (Å²) in [6.07, 6.45) is 8.68. The van der Waals surface area contributed by atoms with Crippen molar-refractivity contribution in [2.45, 2.75) is 57.0 Å². The first-order valence-electron chi connectivity index (χ1n) is 6.42. The van der Waals surface area contributed by atoms with E-state index in [0.29, 0.717) is 5.54 Å². The Balaban J connectivity index is 0.000000457. The monoisotopic (exact) mass is 448 g/mol. The van der Waals surface area contributed by atoms with E-state index in [1.165, 1.54) is 45.1 Å². The van der Waals surface area contributed by atoms with Crippen LogP contribution in [0.25, 0.3) is 0 Å². The second-order valence-electron chi connectivity index (χ2n) is 5.48. The normalized spacial score (nSPS) is 42.8. The lowest BCUT2D eigenvalue weighted by molar-refractivity contribution is -0.0362. The van der Waals surface area contributed by atoms with Crippen LogP contribution < -0.4 is 0 Å². The van der Waals surface area contributed by atoms with Crippen LogP contribution in [0.5, 0.6) is 0 Å². The van der Waals surface area contributed by atoms with E-state index in [-0.39, 0.29) is 0 Å². The smallest absolute Gasteiger partial charge is 0.0401 e. The molecule has 0 aromatic heterocycles. The summed E-state index contributed by atoms with van der Waals surface area (Å²) in [5, 5.41) is 5.30. The number of hydrogen-bond acceptors (Lipinski definition) is 2. The third-order valence-electron chi connectivity index (χ3n) is 4.96. The minimum absolute atomic E-state index is 0.620. The van der Waals surface area contributed by atoms with Gasteiger partial charge in [0.15, 0.2) is 0 Å². The Morgan fingerprint density at radius 1 is 1.25 bits per heavy atom. The van der Waals surface area contributed by atoms with E-state index in [1.54, 1.807) is 0 Å². The first-order valence-corrected chi connectivity index (χ1v) is 12.7. The van der Waals surface area contributed by atoms with Crippen molar-refractivity contribution < 1.29 is 0 Å². The first-order chi connectivity index (χ1) is 7.78. The van der Waals surface area contributed by atoms with Crippen molar-refractivity contribution in [2.24, 2.45) is 5.92 Å². The van der Waals surface area contributed by atoms with Crippen LogP contribution in [0.3, 0.4) is 0 Å². The van der Waals surface area contributed by atoms with Crippen molar-refractivity contribution in [3.63, 3.8) is 0 Å². The van der Waals surface area contributed by atoms with Gasteiger partial charge < -0.3 is 0 Å². The van der Waals surface area contributed by atoms with Gasteiger partial charge >= 0.3 is 0 Å². The maximum absolute atomic E-state index is 2.77. The highest BCUT2D eigenvalue weighted by Crippen LogP contribution is 2.54. The molecule has 1 aliphatic carbocycles. The lowest BCUT2D eigenvalue weighted by Gasteiger charge is -2.37. The fraction of sp³-hybridized carbons (Fsp3) is 1.00. The molecule has 0 amide bonds. The first kappa shape index (κ1) is 13.8. The van der Waals surface area contributed by atoms with Crippen LogP contribution in [-0.2, 0) is 0 Å². The Bertz CT molecular complexity index is 249. The van der Waals surface area contributed by atoms with E-state index in [9.17, 15) is 0 Å². The summed E-state index contributed by atoms with van der Waals surface area (Å²) in [6, 6.07) is 0.850. The molecule has 16 heavy (non-hydrogen) atoms. The van der Waals surface area contributed by atoms with Crippen molar-refractivity contribution in [3.8, 4) is 0 Å². The van der Waals surface area contributed by atoms with Gasteiger partial charge in [-0.15, -0.1) is 0 Å². The van der Waals surface area contributed by atoms with Crippen molar-refractivity contribution in [1.29, 1.82) is 0 Å². The number of halogens is 2. The predicted octanol–water partition coefficient (Wildman–Crippen LogP) is 4.03. The van der Waals surface area contributed by atoms with Gasteiger partial charge in [-0.25, -0.2) is 10.0 Å². The van der Waals surface area contributed by atoms with Crippen molar-refractivity contribution in [1.82, 2.24) is 10.0 Å². The molecule has 3 aliphatic rings. The molecule has 2 nitrogen and oxygen atoms in total. The molecule has 4 heteroatoms. The van der Waals surface area contributed by atoms with Gasteiger partial charge in [0.2, 0.25) is 0 Å². The largest absolute Gasteiger partial charge is 0.244 e. The molecule has 0 bridgehead atoms. The molecule has 3 rings (SSSR count). The number of hydrogen-bond donors (Lipinski definition) is 0. The molecule has 1 spiro atoms. The third-order valence-corrected chi connectivity index (χ3v) is 4.96. The van der Waals surface area contributed by atoms with Crippen molar-refractivity contribution >= 4 is 37.2 Å². The maximum atomic E-state index is 2.77. The zero-order chi connectivity index (χ0) is 11.8. The molecule has 0 aromatic rings. The zero-order valence-corrected chi connectivity index (χ0v) is 14.6. The molecular weight excluding hydrogens is 426 g/mol. The van der Waals surface area contributed by atoms with Gasteiger partial charge in [0.05, 0.1) is 0 Å². The van der Waals surface area contributed by atoms with E-state index < -0.39 is 0 Å². The van der Waals surface area contributed by atoms with Gasteiger partial charge in [-0.3, -0.25) is 0 Å². The van der Waals surface area contributed by atoms with E-state index in [4.69, 9.17) is 0 Å². The van der Waals surface area contributed by atoms with Crippen LogP contribution in [0.4, 0.5) is 0 Å². The van der Waals surface area contributed by atoms with Crippen LogP contribution in [0.1, 0.15) is 45.4 Å². The van der Waals surface area contributed by atoms with Gasteiger partial charge in [0.25, 0.3) is 0 Å². The average molecular weight is 448 g/mol. The molecular formula is C12H22I2N2. The standard InChI is InChI=1S/C12H22N2.I2/c1-3-11-6-8-12-7-4-5-10(12)9-13(2)14(11)12;1-2/h10-11H,3-9H2,1-2H3;. The Kier molecular flexibility index (Phi) is 4.80. The molecule has 2 aliphatic heterocycles. The van der Waals surface area contributed by atoms with E-state index in [2.05, 4.69) is 61.2 Å². The Morgan fingerprint density at radius 3 is 2.69 bits per heavy atom. The Labute approximate surface area is 123 Å². The maximum Gasteiger partial charge on any atom is 0.0401 e. The molecule has 0 aromatic carbocycles. The second kappa shape index (κ2) is 5.57. The van der Waals surface area contributed by atoms with E-state index >= 15 is 0 Å². The lowest BCUT2D eigenvalue weighted by Crippen LogP contribution is -2.48. The Morgan fingerprint density at radius 2 is 2.00 bits per heavy atom. The topological polar surface area (TPSA) is 6.48 Å². The number of nitrogens with zero attached hydrogens (tertiary/aromatic N) is 2. The van der Waals surface area contributed by atoms with Crippen molar-refractivity contribution in [3.05, 3.63) is 0 Å². The van der Waals surface area contributed by atoms with Gasteiger partial charge in [0.1, 0.15) is 0 Å². The quantitative estimate of drug-likeness (QED) is 0.560. The van der Waals surface area contributed by atoms with Crippen LogP contribution in [0, 0.1) is 5.92 Å².